The molecule has 0 aliphatic carbocycles. The summed E-state index contributed by atoms with van der Waals surface area (Å²) in [6, 6.07) is 26.6. The van der Waals surface area contributed by atoms with Gasteiger partial charge in [-0.2, -0.15) is 4.31 Å². The van der Waals surface area contributed by atoms with E-state index in [9.17, 15) is 18.0 Å². The van der Waals surface area contributed by atoms with Crippen molar-refractivity contribution in [1.29, 1.82) is 0 Å². The van der Waals surface area contributed by atoms with Crippen LogP contribution in [0.1, 0.15) is 53.0 Å². The zero-order valence-electron chi connectivity index (χ0n) is 22.2. The average Bonchev–Trinajstić information content (AvgIpc) is 2.96. The molecule has 7 nitrogen and oxygen atoms in total. The Morgan fingerprint density at radius 3 is 1.95 bits per heavy atom. The molecule has 39 heavy (non-hydrogen) atoms. The fourth-order valence-corrected chi connectivity index (χ4v) is 6.00. The van der Waals surface area contributed by atoms with Gasteiger partial charge in [-0.3, -0.25) is 9.59 Å². The molecule has 4 aromatic carbocycles. The van der Waals surface area contributed by atoms with Gasteiger partial charge in [0.2, 0.25) is 10.0 Å². The Kier molecular flexibility index (Phi) is 9.11. The summed E-state index contributed by atoms with van der Waals surface area (Å²) >= 11 is 0. The van der Waals surface area contributed by atoms with Gasteiger partial charge in [-0.05, 0) is 65.6 Å². The van der Waals surface area contributed by atoms with Crippen molar-refractivity contribution < 1.29 is 18.0 Å². The molecule has 0 aliphatic heterocycles. The maximum atomic E-state index is 13.2. The number of hydrogen-bond donors (Lipinski definition) is 2. The highest BCUT2D eigenvalue weighted by atomic mass is 32.2. The van der Waals surface area contributed by atoms with Crippen LogP contribution >= 0.6 is 0 Å². The van der Waals surface area contributed by atoms with Gasteiger partial charge in [0.25, 0.3) is 11.8 Å². The molecule has 0 bridgehead atoms. The number of rotatable bonds is 11. The molecule has 2 amide bonds. The van der Waals surface area contributed by atoms with Crippen LogP contribution in [0.5, 0.6) is 0 Å². The first-order valence-electron chi connectivity index (χ1n) is 13.1. The Hall–Kier alpha value is -4.01. The number of nitrogens with one attached hydrogen (secondary N) is 2. The van der Waals surface area contributed by atoms with E-state index >= 15 is 0 Å². The third-order valence-corrected chi connectivity index (χ3v) is 8.29. The summed E-state index contributed by atoms with van der Waals surface area (Å²) in [6.45, 7) is 5.11. The lowest BCUT2D eigenvalue weighted by molar-refractivity contribution is 0.0952. The van der Waals surface area contributed by atoms with Crippen LogP contribution < -0.4 is 10.6 Å². The van der Waals surface area contributed by atoms with E-state index < -0.39 is 15.9 Å². The first-order chi connectivity index (χ1) is 18.8. The molecule has 0 atom stereocenters. The number of anilines is 1. The number of fused-ring (bicyclic) bond motifs is 1. The van der Waals surface area contributed by atoms with Crippen LogP contribution in [-0.4, -0.2) is 37.6 Å². The SMILES string of the molecule is CCCN(CCC)S(=O)(=O)c1ccc(C(=O)Nc2cc3ccccc3cc2C(=O)NCc2ccccc2)cc1. The van der Waals surface area contributed by atoms with E-state index in [0.29, 0.717) is 43.7 Å². The molecule has 202 valence electrons. The largest absolute Gasteiger partial charge is 0.348 e. The van der Waals surface area contributed by atoms with Gasteiger partial charge in [0.05, 0.1) is 16.1 Å². The highest BCUT2D eigenvalue weighted by Crippen LogP contribution is 2.25. The molecule has 4 aromatic rings. The van der Waals surface area contributed by atoms with Gasteiger partial charge < -0.3 is 10.6 Å². The number of carbonyl (C=O) groups excluding carboxylic acids is 2. The summed E-state index contributed by atoms with van der Waals surface area (Å²) in [5.41, 5.74) is 1.96. The maximum absolute atomic E-state index is 13.2. The number of amides is 2. The molecular weight excluding hydrogens is 510 g/mol. The average molecular weight is 544 g/mol. The summed E-state index contributed by atoms with van der Waals surface area (Å²) in [7, 11) is -3.65. The standard InChI is InChI=1S/C31H33N3O4S/c1-3-18-34(19-4-2)39(37,38)27-16-14-24(15-17-27)30(35)33-29-21-26-13-9-8-12-25(26)20-28(29)31(36)32-22-23-10-6-5-7-11-23/h5-17,20-21H,3-4,18-19,22H2,1-2H3,(H,32,36)(H,33,35). The van der Waals surface area contributed by atoms with Gasteiger partial charge in [-0.1, -0.05) is 68.4 Å². The zero-order valence-corrected chi connectivity index (χ0v) is 23.0. The Labute approximate surface area is 229 Å². The van der Waals surface area contributed by atoms with Crippen molar-refractivity contribution in [2.24, 2.45) is 0 Å². The first-order valence-corrected chi connectivity index (χ1v) is 14.5. The zero-order chi connectivity index (χ0) is 27.8. The molecule has 0 radical (unpaired) electrons. The smallest absolute Gasteiger partial charge is 0.255 e. The molecule has 0 heterocycles. The molecule has 0 aromatic heterocycles. The molecule has 8 heteroatoms. The van der Waals surface area contributed by atoms with Gasteiger partial charge in [0.1, 0.15) is 0 Å². The second kappa shape index (κ2) is 12.7. The van der Waals surface area contributed by atoms with E-state index in [2.05, 4.69) is 10.6 Å². The van der Waals surface area contributed by atoms with E-state index in [4.69, 9.17) is 0 Å². The van der Waals surface area contributed by atoms with Crippen LogP contribution in [0.2, 0.25) is 0 Å². The Morgan fingerprint density at radius 2 is 1.33 bits per heavy atom. The van der Waals surface area contributed by atoms with Crippen LogP contribution in [0.4, 0.5) is 5.69 Å². The van der Waals surface area contributed by atoms with E-state index in [-0.39, 0.29) is 16.4 Å². The normalized spacial score (nSPS) is 11.5. The molecule has 0 aliphatic rings. The Morgan fingerprint density at radius 1 is 0.744 bits per heavy atom. The molecule has 0 saturated heterocycles. The van der Waals surface area contributed by atoms with Crippen molar-refractivity contribution >= 4 is 38.3 Å². The van der Waals surface area contributed by atoms with Gasteiger partial charge in [0, 0.05) is 25.2 Å². The Bertz CT molecular complexity index is 1550. The van der Waals surface area contributed by atoms with Gasteiger partial charge in [-0.15, -0.1) is 0 Å². The summed E-state index contributed by atoms with van der Waals surface area (Å²) < 4.78 is 27.6. The predicted molar refractivity (Wildman–Crippen MR) is 155 cm³/mol. The van der Waals surface area contributed by atoms with E-state index in [0.717, 1.165) is 16.3 Å². The molecule has 0 unspecified atom stereocenters. The summed E-state index contributed by atoms with van der Waals surface area (Å²) in [5, 5.41) is 7.54. The second-order valence-electron chi connectivity index (χ2n) is 9.30. The minimum atomic E-state index is -3.65. The van der Waals surface area contributed by atoms with Crippen molar-refractivity contribution in [3.63, 3.8) is 0 Å². The Balaban J connectivity index is 1.57. The third-order valence-electron chi connectivity index (χ3n) is 6.37. The van der Waals surface area contributed by atoms with Crippen molar-refractivity contribution in [1.82, 2.24) is 9.62 Å². The van der Waals surface area contributed by atoms with Gasteiger partial charge in [0.15, 0.2) is 0 Å². The van der Waals surface area contributed by atoms with Crippen molar-refractivity contribution in [3.05, 3.63) is 108 Å². The lowest BCUT2D eigenvalue weighted by Gasteiger charge is -2.21. The molecule has 0 spiro atoms. The van der Waals surface area contributed by atoms with Crippen molar-refractivity contribution in [2.45, 2.75) is 38.1 Å². The van der Waals surface area contributed by atoms with Crippen molar-refractivity contribution in [3.8, 4) is 0 Å². The molecular formula is C31H33N3O4S. The molecule has 4 rings (SSSR count). The fraction of sp³-hybridized carbons (Fsp3) is 0.226. The van der Waals surface area contributed by atoms with Gasteiger partial charge in [-0.25, -0.2) is 8.42 Å². The highest BCUT2D eigenvalue weighted by molar-refractivity contribution is 7.89. The van der Waals surface area contributed by atoms with E-state index in [1.54, 1.807) is 12.1 Å². The predicted octanol–water partition coefficient (Wildman–Crippen LogP) is 5.83. The number of hydrogen-bond acceptors (Lipinski definition) is 4. The van der Waals surface area contributed by atoms with Crippen LogP contribution in [0.3, 0.4) is 0 Å². The number of sulfonamides is 1. The lowest BCUT2D eigenvalue weighted by Crippen LogP contribution is -2.32. The monoisotopic (exact) mass is 543 g/mol. The minimum Gasteiger partial charge on any atom is -0.348 e. The van der Waals surface area contributed by atoms with Crippen LogP contribution in [0.15, 0.2) is 95.9 Å². The summed E-state index contributed by atoms with van der Waals surface area (Å²) in [6.07, 6.45) is 1.43. The first kappa shape index (κ1) is 28.0. The second-order valence-corrected chi connectivity index (χ2v) is 11.2. The molecule has 2 N–H and O–H groups in total. The minimum absolute atomic E-state index is 0.146. The molecule has 0 saturated carbocycles. The van der Waals surface area contributed by atoms with E-state index in [1.165, 1.54) is 28.6 Å². The fourth-order valence-electron chi connectivity index (χ4n) is 4.38. The quantitative estimate of drug-likeness (QED) is 0.249. The number of carbonyl (C=O) groups is 2. The van der Waals surface area contributed by atoms with Crippen LogP contribution in [0.25, 0.3) is 10.8 Å². The summed E-state index contributed by atoms with van der Waals surface area (Å²) in [4.78, 5) is 26.5. The molecule has 0 fully saturated rings. The third kappa shape index (κ3) is 6.71. The topological polar surface area (TPSA) is 95.6 Å². The maximum Gasteiger partial charge on any atom is 0.255 e. The summed E-state index contributed by atoms with van der Waals surface area (Å²) in [5.74, 6) is -0.751. The van der Waals surface area contributed by atoms with Crippen LogP contribution in [-0.2, 0) is 16.6 Å². The highest BCUT2D eigenvalue weighted by Gasteiger charge is 2.23. The van der Waals surface area contributed by atoms with E-state index in [1.807, 2.05) is 68.4 Å². The van der Waals surface area contributed by atoms with Crippen molar-refractivity contribution in [2.75, 3.05) is 18.4 Å². The number of benzene rings is 4. The van der Waals surface area contributed by atoms with Crippen LogP contribution in [0, 0.1) is 0 Å². The van der Waals surface area contributed by atoms with Gasteiger partial charge >= 0.3 is 0 Å². The lowest BCUT2D eigenvalue weighted by atomic mass is 10.0. The number of nitrogens with zero attached hydrogens (tertiary/aromatic N) is 1.